The lowest BCUT2D eigenvalue weighted by molar-refractivity contribution is -1.02. The van der Waals surface area contributed by atoms with Crippen molar-refractivity contribution in [1.82, 2.24) is 30.2 Å². The second-order valence-electron chi connectivity index (χ2n) is 12.7. The molecule has 1 unspecified atom stereocenters. The van der Waals surface area contributed by atoms with Crippen molar-refractivity contribution in [2.24, 2.45) is 5.92 Å². The van der Waals surface area contributed by atoms with Crippen molar-refractivity contribution < 1.29 is 33.0 Å². The number of hydroxylamine groups is 3. The average Bonchev–Trinajstić information content (AvgIpc) is 3.57. The van der Waals surface area contributed by atoms with Crippen LogP contribution in [0.25, 0.3) is 11.2 Å². The van der Waals surface area contributed by atoms with E-state index in [1.54, 1.807) is 30.1 Å². The summed E-state index contributed by atoms with van der Waals surface area (Å²) < 4.78 is 15.1. The molecule has 16 heteroatoms. The van der Waals surface area contributed by atoms with E-state index in [9.17, 15) is 14.4 Å². The van der Waals surface area contributed by atoms with Crippen LogP contribution in [0.1, 0.15) is 27.0 Å². The van der Waals surface area contributed by atoms with Gasteiger partial charge in [-0.05, 0) is 30.3 Å². The number of amides is 5. The zero-order chi connectivity index (χ0) is 33.0. The summed E-state index contributed by atoms with van der Waals surface area (Å²) in [6.07, 6.45) is 1.73. The molecule has 5 amide bonds. The summed E-state index contributed by atoms with van der Waals surface area (Å²) in [6, 6.07) is 8.18. The molecular formula is C29H44N9O6Si+. The highest BCUT2D eigenvalue weighted by atomic mass is 28.4. The predicted octanol–water partition coefficient (Wildman–Crippen LogP) is 3.47. The standard InChI is InChI=1S/C29H43N9O6Si/c1-29(2,3)45(7,8)44-23-20(15-38(5,18-39)42-6)21(14-31-27(40)30-4)43-26(23)37-17-34-22-24(32-16-33-25(22)37)36-28(41)35-19-12-10-9-11-13-19/h9-13,16-18,20-21,23,26H,14-15H2,1-8H3,(H3-,30,31,32,33,35,36,40,41)/p+1/t20-,21-,23-,26-,38?/m1/s1. The molecular weight excluding hydrogens is 598 g/mol. The maximum Gasteiger partial charge on any atom is 0.333 e. The molecule has 0 bridgehead atoms. The van der Waals surface area contributed by atoms with Crippen LogP contribution < -0.4 is 21.3 Å². The first kappa shape index (κ1) is 33.9. The first-order chi connectivity index (χ1) is 21.2. The fourth-order valence-corrected chi connectivity index (χ4v) is 6.19. The van der Waals surface area contributed by atoms with Gasteiger partial charge in [-0.3, -0.25) is 9.88 Å². The SMILES string of the molecule is CNC(=O)NC[C@H]1O[C@@H](n2cnc3c(NC(=O)Nc4ccccc4)ncnc32)[C@H](O[Si](C)(C)C(C)(C)C)[C@@H]1C[N+](C)(C=O)OC. The molecule has 3 heterocycles. The summed E-state index contributed by atoms with van der Waals surface area (Å²) in [4.78, 5) is 56.0. The fraction of sp³-hybridized carbons (Fsp3) is 0.517. The second kappa shape index (κ2) is 13.6. The number of hydrogen-bond acceptors (Lipinski definition) is 9. The molecule has 1 aliphatic heterocycles. The summed E-state index contributed by atoms with van der Waals surface area (Å²) in [7, 11) is 2.22. The van der Waals surface area contributed by atoms with Crippen LogP contribution >= 0.6 is 0 Å². The molecule has 1 saturated heterocycles. The Morgan fingerprint density at radius 3 is 2.44 bits per heavy atom. The number of aromatic nitrogens is 4. The smallest absolute Gasteiger partial charge is 0.333 e. The maximum absolute atomic E-state index is 12.8. The number of rotatable bonds is 11. The lowest BCUT2D eigenvalue weighted by Crippen LogP contribution is -2.53. The number of quaternary nitrogens is 1. The third-order valence-electron chi connectivity index (χ3n) is 8.53. The van der Waals surface area contributed by atoms with E-state index in [2.05, 4.69) is 70.1 Å². The van der Waals surface area contributed by atoms with Gasteiger partial charge in [-0.25, -0.2) is 29.3 Å². The van der Waals surface area contributed by atoms with Gasteiger partial charge in [0.15, 0.2) is 31.5 Å². The van der Waals surface area contributed by atoms with Crippen molar-refractivity contribution in [3.05, 3.63) is 43.0 Å². The van der Waals surface area contributed by atoms with E-state index < -0.39 is 38.7 Å². The van der Waals surface area contributed by atoms with E-state index in [0.717, 1.165) is 6.41 Å². The monoisotopic (exact) mass is 642 g/mol. The number of ether oxygens (including phenoxy) is 1. The largest absolute Gasteiger partial charge is 0.409 e. The number of nitrogens with one attached hydrogen (secondary N) is 4. The van der Waals surface area contributed by atoms with Gasteiger partial charge in [-0.2, -0.15) is 4.84 Å². The Hall–Kier alpha value is -3.96. The number of carbonyl (C=O) groups excluding carboxylic acids is 3. The van der Waals surface area contributed by atoms with Crippen LogP contribution in [0, 0.1) is 5.92 Å². The maximum atomic E-state index is 12.8. The summed E-state index contributed by atoms with van der Waals surface area (Å²) in [6.45, 7) is 11.1. The number of nitrogens with zero attached hydrogens (tertiary/aromatic N) is 5. The number of anilines is 2. The molecule has 1 aliphatic rings. The van der Waals surface area contributed by atoms with Crippen molar-refractivity contribution in [3.8, 4) is 0 Å². The van der Waals surface area contributed by atoms with Crippen LogP contribution in [0.4, 0.5) is 21.1 Å². The first-order valence-corrected chi connectivity index (χ1v) is 17.6. The van der Waals surface area contributed by atoms with E-state index in [1.165, 1.54) is 20.5 Å². The Kier molecular flexibility index (Phi) is 10.2. The van der Waals surface area contributed by atoms with Gasteiger partial charge >= 0.3 is 18.5 Å². The van der Waals surface area contributed by atoms with Gasteiger partial charge in [0.25, 0.3) is 0 Å². The first-order valence-electron chi connectivity index (χ1n) is 14.7. The third kappa shape index (κ3) is 7.65. The van der Waals surface area contributed by atoms with E-state index >= 15 is 0 Å². The minimum atomic E-state index is -2.43. The normalized spacial score (nSPS) is 21.6. The Balaban J connectivity index is 1.74. The van der Waals surface area contributed by atoms with Gasteiger partial charge in [-0.15, -0.1) is 4.65 Å². The molecule has 1 aromatic carbocycles. The molecule has 3 aromatic rings. The molecule has 0 spiro atoms. The van der Waals surface area contributed by atoms with Crippen molar-refractivity contribution in [1.29, 1.82) is 0 Å². The Morgan fingerprint density at radius 2 is 1.82 bits per heavy atom. The van der Waals surface area contributed by atoms with Crippen LogP contribution in [0.2, 0.25) is 18.1 Å². The number of urea groups is 2. The Bertz CT molecular complexity index is 1500. The molecule has 244 valence electrons. The lowest BCUT2D eigenvalue weighted by Gasteiger charge is -2.41. The summed E-state index contributed by atoms with van der Waals surface area (Å²) >= 11 is 0. The van der Waals surface area contributed by atoms with Gasteiger partial charge in [0.1, 0.15) is 26.0 Å². The molecule has 0 radical (unpaired) electrons. The summed E-state index contributed by atoms with van der Waals surface area (Å²) in [5.41, 5.74) is 1.38. The minimum Gasteiger partial charge on any atom is -0.409 e. The predicted molar refractivity (Wildman–Crippen MR) is 170 cm³/mol. The van der Waals surface area contributed by atoms with Gasteiger partial charge in [0.2, 0.25) is 0 Å². The second-order valence-corrected chi connectivity index (χ2v) is 17.4. The van der Waals surface area contributed by atoms with Crippen molar-refractivity contribution >= 4 is 49.5 Å². The third-order valence-corrected chi connectivity index (χ3v) is 13.0. The number of fused-ring (bicyclic) bond motifs is 1. The van der Waals surface area contributed by atoms with E-state index in [0.29, 0.717) is 16.9 Å². The lowest BCUT2D eigenvalue weighted by atomic mass is 9.97. The molecule has 4 rings (SSSR count). The molecule has 5 atom stereocenters. The topological polar surface area (TPSA) is 171 Å². The number of benzene rings is 1. The van der Waals surface area contributed by atoms with Gasteiger partial charge in [0.05, 0.1) is 25.5 Å². The van der Waals surface area contributed by atoms with Crippen molar-refractivity contribution in [2.45, 2.75) is 57.3 Å². The molecule has 0 aliphatic carbocycles. The summed E-state index contributed by atoms with van der Waals surface area (Å²) in [5, 5.41) is 10.8. The van der Waals surface area contributed by atoms with Crippen molar-refractivity contribution in [3.63, 3.8) is 0 Å². The van der Waals surface area contributed by atoms with Crippen molar-refractivity contribution in [2.75, 3.05) is 44.9 Å². The molecule has 1 fully saturated rings. The highest BCUT2D eigenvalue weighted by Crippen LogP contribution is 2.45. The fourth-order valence-electron chi connectivity index (χ4n) is 4.87. The van der Waals surface area contributed by atoms with E-state index in [-0.39, 0.29) is 34.6 Å². The molecule has 45 heavy (non-hydrogen) atoms. The average molecular weight is 643 g/mol. The van der Waals surface area contributed by atoms with Crippen LogP contribution in [0.15, 0.2) is 43.0 Å². The Labute approximate surface area is 263 Å². The van der Waals surface area contributed by atoms with E-state index in [1.807, 2.05) is 18.2 Å². The highest BCUT2D eigenvalue weighted by molar-refractivity contribution is 6.74. The van der Waals surface area contributed by atoms with Gasteiger partial charge in [-0.1, -0.05) is 39.0 Å². The van der Waals surface area contributed by atoms with Gasteiger partial charge < -0.3 is 25.1 Å². The van der Waals surface area contributed by atoms with Crippen LogP contribution in [-0.4, -0.2) is 97.5 Å². The van der Waals surface area contributed by atoms with Crippen LogP contribution in [0.5, 0.6) is 0 Å². The molecule has 15 nitrogen and oxygen atoms in total. The number of carbonyl (C=O) groups is 3. The highest BCUT2D eigenvalue weighted by Gasteiger charge is 2.54. The number of para-hydroxylation sites is 1. The van der Waals surface area contributed by atoms with Crippen LogP contribution in [0.3, 0.4) is 0 Å². The number of imidazole rings is 1. The molecule has 2 aromatic heterocycles. The Morgan fingerprint density at radius 1 is 1.11 bits per heavy atom. The summed E-state index contributed by atoms with van der Waals surface area (Å²) in [5.74, 6) is -0.184. The molecule has 4 N–H and O–H groups in total. The zero-order valence-electron chi connectivity index (χ0n) is 27.0. The zero-order valence-corrected chi connectivity index (χ0v) is 28.0. The minimum absolute atomic E-state index is 0.146. The van der Waals surface area contributed by atoms with E-state index in [4.69, 9.17) is 14.0 Å². The van der Waals surface area contributed by atoms with Crippen LogP contribution in [-0.2, 0) is 18.8 Å². The number of hydrogen-bond donors (Lipinski definition) is 4. The molecule has 0 saturated carbocycles. The van der Waals surface area contributed by atoms with Gasteiger partial charge in [0, 0.05) is 19.3 Å². The quantitative estimate of drug-likeness (QED) is 0.106.